The Bertz CT molecular complexity index is 372. The number of nitrogens with two attached hydrogens (primary N) is 1. The van der Waals surface area contributed by atoms with Gasteiger partial charge in [0.2, 0.25) is 0 Å². The minimum atomic E-state index is 0.285. The van der Waals surface area contributed by atoms with Crippen LogP contribution in [0.1, 0.15) is 31.2 Å². The van der Waals surface area contributed by atoms with Crippen molar-refractivity contribution in [1.82, 2.24) is 0 Å². The van der Waals surface area contributed by atoms with Crippen LogP contribution in [0.2, 0.25) is 0 Å². The average molecular weight is 216 g/mol. The summed E-state index contributed by atoms with van der Waals surface area (Å²) in [5, 5.41) is 8.67. The maximum atomic E-state index is 8.67. The van der Waals surface area contributed by atoms with E-state index in [4.69, 9.17) is 15.7 Å². The van der Waals surface area contributed by atoms with E-state index in [0.29, 0.717) is 11.6 Å². The summed E-state index contributed by atoms with van der Waals surface area (Å²) in [5.41, 5.74) is 6.50. The zero-order valence-electron chi connectivity index (χ0n) is 9.23. The number of nitriles is 1. The van der Waals surface area contributed by atoms with E-state index in [1.54, 1.807) is 12.1 Å². The fourth-order valence-corrected chi connectivity index (χ4v) is 2.01. The largest absolute Gasteiger partial charge is 0.490 e. The van der Waals surface area contributed by atoms with Crippen LogP contribution in [0.3, 0.4) is 0 Å². The second-order valence-electron chi connectivity index (χ2n) is 4.29. The van der Waals surface area contributed by atoms with Crippen molar-refractivity contribution >= 4 is 0 Å². The highest BCUT2D eigenvalue weighted by atomic mass is 16.5. The van der Waals surface area contributed by atoms with Gasteiger partial charge >= 0.3 is 0 Å². The number of ether oxygens (including phenoxy) is 1. The maximum Gasteiger partial charge on any atom is 0.119 e. The highest BCUT2D eigenvalue weighted by Crippen LogP contribution is 2.23. The minimum Gasteiger partial charge on any atom is -0.490 e. The normalized spacial score (nSPS) is 24.8. The first-order valence-electron chi connectivity index (χ1n) is 5.70. The molecular formula is C13H16N2O. The first-order chi connectivity index (χ1) is 7.78. The van der Waals surface area contributed by atoms with Gasteiger partial charge in [-0.25, -0.2) is 0 Å². The summed E-state index contributed by atoms with van der Waals surface area (Å²) < 4.78 is 5.84. The van der Waals surface area contributed by atoms with E-state index in [1.807, 2.05) is 12.1 Å². The smallest absolute Gasteiger partial charge is 0.119 e. The zero-order chi connectivity index (χ0) is 11.4. The van der Waals surface area contributed by atoms with E-state index in [1.165, 1.54) is 0 Å². The number of rotatable bonds is 2. The van der Waals surface area contributed by atoms with Crippen molar-refractivity contribution in [2.75, 3.05) is 0 Å². The molecule has 0 aliphatic heterocycles. The molecule has 0 spiro atoms. The molecule has 1 saturated carbocycles. The lowest BCUT2D eigenvalue weighted by Gasteiger charge is -2.26. The molecule has 0 bridgehead atoms. The third kappa shape index (κ3) is 2.74. The van der Waals surface area contributed by atoms with Crippen LogP contribution in [-0.2, 0) is 0 Å². The zero-order valence-corrected chi connectivity index (χ0v) is 9.23. The van der Waals surface area contributed by atoms with Gasteiger partial charge in [0.05, 0.1) is 17.7 Å². The highest BCUT2D eigenvalue weighted by molar-refractivity contribution is 5.34. The van der Waals surface area contributed by atoms with Crippen LogP contribution in [0.5, 0.6) is 5.75 Å². The summed E-state index contributed by atoms with van der Waals surface area (Å²) in [6.07, 6.45) is 4.43. The molecule has 3 heteroatoms. The van der Waals surface area contributed by atoms with E-state index in [-0.39, 0.29) is 6.10 Å². The fourth-order valence-electron chi connectivity index (χ4n) is 2.01. The van der Waals surface area contributed by atoms with Crippen molar-refractivity contribution in [3.63, 3.8) is 0 Å². The molecule has 0 saturated heterocycles. The molecule has 84 valence electrons. The predicted octanol–water partition coefficient (Wildman–Crippen LogP) is 2.21. The molecule has 0 heterocycles. The van der Waals surface area contributed by atoms with Gasteiger partial charge in [-0.1, -0.05) is 0 Å². The Kier molecular flexibility index (Phi) is 3.43. The number of hydrogen-bond donors (Lipinski definition) is 1. The summed E-state index contributed by atoms with van der Waals surface area (Å²) in [5.74, 6) is 0.847. The summed E-state index contributed by atoms with van der Waals surface area (Å²) >= 11 is 0. The van der Waals surface area contributed by atoms with Crippen LogP contribution in [-0.4, -0.2) is 12.1 Å². The lowest BCUT2D eigenvalue weighted by Crippen LogP contribution is -2.31. The molecule has 16 heavy (non-hydrogen) atoms. The Balaban J connectivity index is 1.91. The Morgan fingerprint density at radius 1 is 1.12 bits per heavy atom. The topological polar surface area (TPSA) is 59.0 Å². The van der Waals surface area contributed by atoms with Gasteiger partial charge in [0.1, 0.15) is 5.75 Å². The standard InChI is InChI=1S/C13H16N2O/c14-9-10-1-5-12(6-2-10)16-13-7-3-11(15)4-8-13/h1-2,5-6,11,13H,3-4,7-8,15H2/t11-,13-. The quantitative estimate of drug-likeness (QED) is 0.824. The Labute approximate surface area is 95.8 Å². The molecule has 0 unspecified atom stereocenters. The molecule has 0 aromatic heterocycles. The summed E-state index contributed by atoms with van der Waals surface area (Å²) in [6.45, 7) is 0. The van der Waals surface area contributed by atoms with Crippen molar-refractivity contribution in [1.29, 1.82) is 5.26 Å². The van der Waals surface area contributed by atoms with Crippen LogP contribution in [0.4, 0.5) is 0 Å². The average Bonchev–Trinajstić information content (AvgIpc) is 2.33. The minimum absolute atomic E-state index is 0.285. The summed E-state index contributed by atoms with van der Waals surface area (Å²) in [7, 11) is 0. The third-order valence-electron chi connectivity index (χ3n) is 3.01. The molecule has 2 N–H and O–H groups in total. The van der Waals surface area contributed by atoms with Gasteiger partial charge in [0.15, 0.2) is 0 Å². The second-order valence-corrected chi connectivity index (χ2v) is 4.29. The predicted molar refractivity (Wildman–Crippen MR) is 62.0 cm³/mol. The molecular weight excluding hydrogens is 200 g/mol. The van der Waals surface area contributed by atoms with Crippen molar-refractivity contribution < 1.29 is 4.74 Å². The SMILES string of the molecule is N#Cc1ccc(O[C@H]2CC[C@H](N)CC2)cc1. The number of benzene rings is 1. The van der Waals surface area contributed by atoms with Crippen LogP contribution in [0.15, 0.2) is 24.3 Å². The van der Waals surface area contributed by atoms with E-state index < -0.39 is 0 Å². The molecule has 2 rings (SSSR count). The van der Waals surface area contributed by atoms with Crippen LogP contribution < -0.4 is 10.5 Å². The van der Waals surface area contributed by atoms with Crippen molar-refractivity contribution in [2.45, 2.75) is 37.8 Å². The van der Waals surface area contributed by atoms with E-state index in [2.05, 4.69) is 6.07 Å². The van der Waals surface area contributed by atoms with E-state index in [0.717, 1.165) is 31.4 Å². The van der Waals surface area contributed by atoms with Crippen LogP contribution >= 0.6 is 0 Å². The molecule has 1 aromatic carbocycles. The Morgan fingerprint density at radius 3 is 2.31 bits per heavy atom. The fraction of sp³-hybridized carbons (Fsp3) is 0.462. The molecule has 1 aromatic rings. The van der Waals surface area contributed by atoms with Gasteiger partial charge in [-0.2, -0.15) is 5.26 Å². The first-order valence-corrected chi connectivity index (χ1v) is 5.70. The summed E-state index contributed by atoms with van der Waals surface area (Å²) in [6, 6.07) is 9.71. The second kappa shape index (κ2) is 5.00. The molecule has 1 aliphatic carbocycles. The van der Waals surface area contributed by atoms with E-state index in [9.17, 15) is 0 Å². The lowest BCUT2D eigenvalue weighted by molar-refractivity contribution is 0.147. The van der Waals surface area contributed by atoms with Crippen LogP contribution in [0.25, 0.3) is 0 Å². The molecule has 0 amide bonds. The van der Waals surface area contributed by atoms with Crippen molar-refractivity contribution in [2.24, 2.45) is 5.73 Å². The highest BCUT2D eigenvalue weighted by Gasteiger charge is 2.19. The van der Waals surface area contributed by atoms with Gasteiger partial charge in [-0.3, -0.25) is 0 Å². The van der Waals surface area contributed by atoms with Gasteiger partial charge in [0, 0.05) is 6.04 Å². The van der Waals surface area contributed by atoms with Gasteiger partial charge < -0.3 is 10.5 Å². The summed E-state index contributed by atoms with van der Waals surface area (Å²) in [4.78, 5) is 0. The van der Waals surface area contributed by atoms with Crippen molar-refractivity contribution in [3.8, 4) is 11.8 Å². The monoisotopic (exact) mass is 216 g/mol. The molecule has 1 fully saturated rings. The van der Waals surface area contributed by atoms with Gasteiger partial charge in [-0.05, 0) is 49.9 Å². The van der Waals surface area contributed by atoms with Gasteiger partial charge in [0.25, 0.3) is 0 Å². The lowest BCUT2D eigenvalue weighted by atomic mass is 9.94. The van der Waals surface area contributed by atoms with E-state index >= 15 is 0 Å². The molecule has 1 aliphatic rings. The molecule has 3 nitrogen and oxygen atoms in total. The maximum absolute atomic E-state index is 8.67. The first kappa shape index (κ1) is 11.0. The molecule has 0 atom stereocenters. The third-order valence-corrected chi connectivity index (χ3v) is 3.01. The van der Waals surface area contributed by atoms with Crippen molar-refractivity contribution in [3.05, 3.63) is 29.8 Å². The Morgan fingerprint density at radius 2 is 1.75 bits per heavy atom. The Hall–Kier alpha value is -1.53. The molecule has 0 radical (unpaired) electrons. The number of hydrogen-bond acceptors (Lipinski definition) is 3. The van der Waals surface area contributed by atoms with Gasteiger partial charge in [-0.15, -0.1) is 0 Å². The number of nitrogens with zero attached hydrogens (tertiary/aromatic N) is 1. The van der Waals surface area contributed by atoms with Crippen LogP contribution in [0, 0.1) is 11.3 Å².